The van der Waals surface area contributed by atoms with Crippen molar-refractivity contribution in [1.82, 2.24) is 20.2 Å². The number of pyridine rings is 2. The lowest BCUT2D eigenvalue weighted by Gasteiger charge is -2.29. The Hall–Kier alpha value is -3.13. The molecule has 0 aromatic carbocycles. The van der Waals surface area contributed by atoms with Crippen LogP contribution in [-0.4, -0.2) is 66.1 Å². The van der Waals surface area contributed by atoms with Crippen LogP contribution in [0.2, 0.25) is 0 Å². The van der Waals surface area contributed by atoms with Gasteiger partial charge in [0.15, 0.2) is 0 Å². The highest BCUT2D eigenvalue weighted by Crippen LogP contribution is 2.26. The monoisotopic (exact) mass is 439 g/mol. The number of aromatic amines is 1. The Morgan fingerprint density at radius 3 is 2.94 bits per heavy atom. The van der Waals surface area contributed by atoms with E-state index in [2.05, 4.69) is 34.0 Å². The van der Waals surface area contributed by atoms with Gasteiger partial charge in [-0.05, 0) is 31.0 Å². The van der Waals surface area contributed by atoms with E-state index in [-0.39, 0.29) is 17.5 Å². The summed E-state index contributed by atoms with van der Waals surface area (Å²) in [6.07, 6.45) is 7.71. The van der Waals surface area contributed by atoms with E-state index in [1.165, 1.54) is 0 Å². The molecule has 1 aliphatic rings. The Labute approximate surface area is 189 Å². The van der Waals surface area contributed by atoms with Crippen LogP contribution in [-0.2, 0) is 4.79 Å². The number of amides is 1. The second-order valence-corrected chi connectivity index (χ2v) is 8.17. The molecule has 0 bridgehead atoms. The SMILES string of the molecule is CCN(c1cc(-c2ccnc(OC)c2)c[nH]c1=O)[C@@H]1CCN(C(=O)C=CCNC(C)C)C1. The Morgan fingerprint density at radius 2 is 2.22 bits per heavy atom. The number of anilines is 1. The Kier molecular flexibility index (Phi) is 8.05. The lowest BCUT2D eigenvalue weighted by atomic mass is 10.1. The van der Waals surface area contributed by atoms with Gasteiger partial charge in [-0.25, -0.2) is 4.98 Å². The summed E-state index contributed by atoms with van der Waals surface area (Å²) in [5, 5.41) is 3.27. The molecular weight excluding hydrogens is 406 g/mol. The van der Waals surface area contributed by atoms with Gasteiger partial charge in [-0.1, -0.05) is 19.9 Å². The van der Waals surface area contributed by atoms with Crippen molar-refractivity contribution in [1.29, 1.82) is 0 Å². The summed E-state index contributed by atoms with van der Waals surface area (Å²) in [5.41, 5.74) is 2.26. The molecule has 1 amide bonds. The lowest BCUT2D eigenvalue weighted by molar-refractivity contribution is -0.125. The van der Waals surface area contributed by atoms with E-state index in [0.717, 1.165) is 17.5 Å². The van der Waals surface area contributed by atoms with E-state index in [1.54, 1.807) is 25.6 Å². The van der Waals surface area contributed by atoms with Crippen LogP contribution in [0.4, 0.5) is 5.69 Å². The molecule has 1 fully saturated rings. The number of H-pyrrole nitrogens is 1. The van der Waals surface area contributed by atoms with E-state index in [9.17, 15) is 9.59 Å². The van der Waals surface area contributed by atoms with Crippen LogP contribution < -0.4 is 20.5 Å². The van der Waals surface area contributed by atoms with E-state index >= 15 is 0 Å². The normalized spacial score (nSPS) is 16.2. The van der Waals surface area contributed by atoms with Gasteiger partial charge in [0.1, 0.15) is 5.69 Å². The van der Waals surface area contributed by atoms with Gasteiger partial charge in [0.25, 0.3) is 5.56 Å². The van der Waals surface area contributed by atoms with E-state index < -0.39 is 0 Å². The standard InChI is InChI=1S/C24H33N5O3/c1-5-29(20-9-12-28(16-20)23(30)7-6-10-25-17(2)3)21-13-19(15-27-24(21)31)18-8-11-26-22(14-18)32-4/h6-8,11,13-15,17,20,25H,5,9-10,12,16H2,1-4H3,(H,27,31)/t20-/m1/s1. The van der Waals surface area contributed by atoms with Crippen molar-refractivity contribution in [2.24, 2.45) is 0 Å². The smallest absolute Gasteiger partial charge is 0.271 e. The van der Waals surface area contributed by atoms with E-state index in [0.29, 0.717) is 43.8 Å². The van der Waals surface area contributed by atoms with E-state index in [1.807, 2.05) is 36.1 Å². The van der Waals surface area contributed by atoms with Gasteiger partial charge >= 0.3 is 0 Å². The van der Waals surface area contributed by atoms with Crippen LogP contribution in [0, 0.1) is 0 Å². The van der Waals surface area contributed by atoms with Crippen molar-refractivity contribution >= 4 is 11.6 Å². The highest BCUT2D eigenvalue weighted by molar-refractivity contribution is 5.88. The van der Waals surface area contributed by atoms with Gasteiger partial charge < -0.3 is 24.8 Å². The number of carbonyl (C=O) groups excluding carboxylic acids is 1. The maximum atomic E-state index is 12.7. The molecule has 3 heterocycles. The van der Waals surface area contributed by atoms with Crippen molar-refractivity contribution in [3.63, 3.8) is 0 Å². The lowest BCUT2D eigenvalue weighted by Crippen LogP contribution is -2.41. The first-order chi connectivity index (χ1) is 15.4. The highest BCUT2D eigenvalue weighted by Gasteiger charge is 2.30. The Morgan fingerprint density at radius 1 is 1.41 bits per heavy atom. The molecule has 1 atom stereocenters. The molecular formula is C24H33N5O3. The molecule has 0 saturated carbocycles. The molecule has 0 unspecified atom stereocenters. The summed E-state index contributed by atoms with van der Waals surface area (Å²) < 4.78 is 5.22. The average Bonchev–Trinajstić information content (AvgIpc) is 3.28. The van der Waals surface area contributed by atoms with Crippen LogP contribution in [0.25, 0.3) is 11.1 Å². The fraction of sp³-hybridized carbons (Fsp3) is 0.458. The van der Waals surface area contributed by atoms with E-state index in [4.69, 9.17) is 4.74 Å². The molecule has 8 heteroatoms. The maximum Gasteiger partial charge on any atom is 0.271 e. The summed E-state index contributed by atoms with van der Waals surface area (Å²) in [6.45, 7) is 8.80. The molecule has 0 radical (unpaired) electrons. The number of carbonyl (C=O) groups is 1. The predicted octanol–water partition coefficient (Wildman–Crippen LogP) is 2.43. The van der Waals surface area contributed by atoms with Gasteiger partial charge in [0.05, 0.1) is 7.11 Å². The third-order valence-electron chi connectivity index (χ3n) is 5.63. The first-order valence-electron chi connectivity index (χ1n) is 11.1. The molecule has 0 spiro atoms. The average molecular weight is 440 g/mol. The number of likely N-dealkylation sites (tertiary alicyclic amines) is 1. The minimum atomic E-state index is -0.138. The summed E-state index contributed by atoms with van der Waals surface area (Å²) >= 11 is 0. The number of likely N-dealkylation sites (N-methyl/N-ethyl adjacent to an activating group) is 1. The Balaban J connectivity index is 1.74. The molecule has 8 nitrogen and oxygen atoms in total. The maximum absolute atomic E-state index is 12.7. The van der Waals surface area contributed by atoms with Crippen molar-refractivity contribution in [3.8, 4) is 17.0 Å². The minimum absolute atomic E-state index is 0.0145. The van der Waals surface area contributed by atoms with Crippen LogP contribution in [0.3, 0.4) is 0 Å². The Bertz CT molecular complexity index is 1000. The quantitative estimate of drug-likeness (QED) is 0.583. The first-order valence-corrected chi connectivity index (χ1v) is 11.1. The second kappa shape index (κ2) is 10.9. The zero-order valence-corrected chi connectivity index (χ0v) is 19.3. The summed E-state index contributed by atoms with van der Waals surface area (Å²) in [6, 6.07) is 6.09. The largest absolute Gasteiger partial charge is 0.481 e. The van der Waals surface area contributed by atoms with Crippen LogP contribution in [0.15, 0.2) is 47.5 Å². The first kappa shape index (κ1) is 23.5. The molecule has 1 saturated heterocycles. The van der Waals surface area contributed by atoms with Crippen molar-refractivity contribution in [2.45, 2.75) is 39.3 Å². The molecule has 1 aliphatic heterocycles. The van der Waals surface area contributed by atoms with Gasteiger partial charge in [-0.3, -0.25) is 9.59 Å². The van der Waals surface area contributed by atoms with Crippen LogP contribution in [0.5, 0.6) is 5.88 Å². The topological polar surface area (TPSA) is 90.6 Å². The van der Waals surface area contributed by atoms with Crippen molar-refractivity contribution < 1.29 is 9.53 Å². The second-order valence-electron chi connectivity index (χ2n) is 8.17. The van der Waals surface area contributed by atoms with Gasteiger partial charge in [-0.15, -0.1) is 0 Å². The molecule has 32 heavy (non-hydrogen) atoms. The third kappa shape index (κ3) is 5.76. The number of nitrogens with one attached hydrogen (secondary N) is 2. The minimum Gasteiger partial charge on any atom is -0.481 e. The number of nitrogens with zero attached hydrogens (tertiary/aromatic N) is 3. The van der Waals surface area contributed by atoms with Crippen LogP contribution >= 0.6 is 0 Å². The van der Waals surface area contributed by atoms with Gasteiger partial charge in [0, 0.05) is 68.4 Å². The number of hydrogen-bond donors (Lipinski definition) is 2. The number of ether oxygens (including phenoxy) is 1. The zero-order chi connectivity index (χ0) is 23.1. The fourth-order valence-electron chi connectivity index (χ4n) is 3.94. The number of rotatable bonds is 9. The van der Waals surface area contributed by atoms with Gasteiger partial charge in [0.2, 0.25) is 11.8 Å². The molecule has 2 aromatic heterocycles. The molecule has 2 N–H and O–H groups in total. The molecule has 2 aromatic rings. The highest BCUT2D eigenvalue weighted by atomic mass is 16.5. The molecule has 0 aliphatic carbocycles. The predicted molar refractivity (Wildman–Crippen MR) is 127 cm³/mol. The van der Waals surface area contributed by atoms with Crippen molar-refractivity contribution in [3.05, 3.63) is 53.1 Å². The number of methoxy groups -OCH3 is 1. The van der Waals surface area contributed by atoms with Crippen LogP contribution in [0.1, 0.15) is 27.2 Å². The number of hydrogen-bond acceptors (Lipinski definition) is 6. The fourth-order valence-corrected chi connectivity index (χ4v) is 3.94. The molecule has 172 valence electrons. The van der Waals surface area contributed by atoms with Crippen molar-refractivity contribution in [2.75, 3.05) is 38.2 Å². The zero-order valence-electron chi connectivity index (χ0n) is 19.3. The summed E-state index contributed by atoms with van der Waals surface area (Å²) in [7, 11) is 1.58. The molecule has 3 rings (SSSR count). The third-order valence-corrected chi connectivity index (χ3v) is 5.63. The summed E-state index contributed by atoms with van der Waals surface area (Å²) in [4.78, 5) is 36.2. The number of aromatic nitrogens is 2. The summed E-state index contributed by atoms with van der Waals surface area (Å²) in [5.74, 6) is 0.532. The van der Waals surface area contributed by atoms with Gasteiger partial charge in [-0.2, -0.15) is 0 Å².